The molecule has 0 aromatic heterocycles. The second kappa shape index (κ2) is 6.65. The summed E-state index contributed by atoms with van der Waals surface area (Å²) in [5, 5.41) is 2.42. The first-order valence-electron chi connectivity index (χ1n) is 6.82. The van der Waals surface area contributed by atoms with Crippen LogP contribution < -0.4 is 5.32 Å². The van der Waals surface area contributed by atoms with Gasteiger partial charge >= 0.3 is 12.3 Å². The van der Waals surface area contributed by atoms with Crippen molar-refractivity contribution in [2.24, 2.45) is 5.92 Å². The maximum absolute atomic E-state index is 12.0. The van der Waals surface area contributed by atoms with E-state index in [1.54, 1.807) is 25.7 Å². The van der Waals surface area contributed by atoms with Gasteiger partial charge in [-0.1, -0.05) is 0 Å². The summed E-state index contributed by atoms with van der Waals surface area (Å²) >= 11 is 0. The Morgan fingerprint density at radius 2 is 1.80 bits per heavy atom. The predicted octanol–water partition coefficient (Wildman–Crippen LogP) is 2.79. The van der Waals surface area contributed by atoms with Crippen molar-refractivity contribution >= 4 is 6.09 Å². The van der Waals surface area contributed by atoms with E-state index in [-0.39, 0.29) is 12.0 Å². The molecule has 1 heterocycles. The second-order valence-corrected chi connectivity index (χ2v) is 6.16. The van der Waals surface area contributed by atoms with E-state index >= 15 is 0 Å². The molecule has 118 valence electrons. The molecule has 0 saturated carbocycles. The minimum absolute atomic E-state index is 0.177. The zero-order chi connectivity index (χ0) is 15.4. The largest absolute Gasteiger partial charge is 0.444 e. The third kappa shape index (κ3) is 6.98. The molecule has 0 unspecified atom stereocenters. The van der Waals surface area contributed by atoms with Crippen LogP contribution in [0.2, 0.25) is 0 Å². The highest BCUT2D eigenvalue weighted by Crippen LogP contribution is 2.19. The van der Waals surface area contributed by atoms with Gasteiger partial charge in [-0.05, 0) is 46.1 Å². The van der Waals surface area contributed by atoms with Crippen molar-refractivity contribution in [1.82, 2.24) is 10.2 Å². The summed E-state index contributed by atoms with van der Waals surface area (Å²) in [6.07, 6.45) is -3.12. The molecular weight excluding hydrogens is 273 g/mol. The van der Waals surface area contributed by atoms with E-state index in [0.29, 0.717) is 32.5 Å². The Balaban J connectivity index is 2.25. The fraction of sp³-hybridized carbons (Fsp3) is 0.923. The molecule has 0 aliphatic carbocycles. The first-order valence-corrected chi connectivity index (χ1v) is 6.82. The van der Waals surface area contributed by atoms with Crippen molar-refractivity contribution in [3.8, 4) is 0 Å². The number of ether oxygens (including phenoxy) is 1. The molecule has 1 aliphatic heterocycles. The molecule has 1 saturated heterocycles. The average Bonchev–Trinajstić information content (AvgIpc) is 2.25. The van der Waals surface area contributed by atoms with E-state index in [1.165, 1.54) is 0 Å². The van der Waals surface area contributed by atoms with Gasteiger partial charge in [0.05, 0.1) is 6.54 Å². The maximum atomic E-state index is 12.0. The molecule has 4 nitrogen and oxygen atoms in total. The van der Waals surface area contributed by atoms with E-state index in [1.807, 2.05) is 0 Å². The second-order valence-electron chi connectivity index (χ2n) is 6.16. The van der Waals surface area contributed by atoms with Crippen LogP contribution in [0.4, 0.5) is 18.0 Å². The lowest BCUT2D eigenvalue weighted by Crippen LogP contribution is -2.43. The normalized spacial score (nSPS) is 18.2. The zero-order valence-electron chi connectivity index (χ0n) is 12.2. The Hall–Kier alpha value is -0.980. The molecule has 1 rings (SSSR count). The minimum atomic E-state index is -4.17. The number of nitrogens with one attached hydrogen (secondary N) is 1. The average molecular weight is 296 g/mol. The van der Waals surface area contributed by atoms with Gasteiger partial charge in [0.15, 0.2) is 0 Å². The van der Waals surface area contributed by atoms with Gasteiger partial charge in [-0.2, -0.15) is 13.2 Å². The maximum Gasteiger partial charge on any atom is 0.410 e. The first kappa shape index (κ1) is 17.1. The number of likely N-dealkylation sites (tertiary alicyclic amines) is 1. The molecule has 1 amide bonds. The lowest BCUT2D eigenvalue weighted by molar-refractivity contribution is -0.125. The first-order chi connectivity index (χ1) is 9.07. The number of hydrogen-bond donors (Lipinski definition) is 1. The molecule has 0 atom stereocenters. The van der Waals surface area contributed by atoms with Crippen LogP contribution in [-0.4, -0.2) is 48.9 Å². The summed E-state index contributed by atoms with van der Waals surface area (Å²) in [7, 11) is 0. The number of hydrogen-bond acceptors (Lipinski definition) is 3. The SMILES string of the molecule is CC(C)(C)OC(=O)N1CCC(CNCC(F)(F)F)CC1. The lowest BCUT2D eigenvalue weighted by atomic mass is 9.97. The van der Waals surface area contributed by atoms with Crippen LogP contribution in [0.25, 0.3) is 0 Å². The number of carbonyl (C=O) groups excluding carboxylic acids is 1. The van der Waals surface area contributed by atoms with Gasteiger partial charge in [0.2, 0.25) is 0 Å². The Kier molecular flexibility index (Phi) is 5.68. The predicted molar refractivity (Wildman–Crippen MR) is 69.5 cm³/mol. The van der Waals surface area contributed by atoms with Crippen LogP contribution in [0.1, 0.15) is 33.6 Å². The molecule has 7 heteroatoms. The van der Waals surface area contributed by atoms with Crippen LogP contribution in [0.3, 0.4) is 0 Å². The Morgan fingerprint density at radius 1 is 1.25 bits per heavy atom. The molecule has 0 aromatic rings. The molecule has 0 bridgehead atoms. The van der Waals surface area contributed by atoms with Crippen molar-refractivity contribution in [2.45, 2.75) is 45.4 Å². The van der Waals surface area contributed by atoms with E-state index < -0.39 is 18.3 Å². The summed E-state index contributed by atoms with van der Waals surface area (Å²) in [6.45, 7) is 5.86. The van der Waals surface area contributed by atoms with Crippen molar-refractivity contribution in [1.29, 1.82) is 0 Å². The van der Waals surface area contributed by atoms with E-state index in [2.05, 4.69) is 5.32 Å². The summed E-state index contributed by atoms with van der Waals surface area (Å²) in [6, 6.07) is 0. The van der Waals surface area contributed by atoms with Crippen molar-refractivity contribution in [3.05, 3.63) is 0 Å². The minimum Gasteiger partial charge on any atom is -0.444 e. The van der Waals surface area contributed by atoms with Crippen LogP contribution >= 0.6 is 0 Å². The van der Waals surface area contributed by atoms with Gasteiger partial charge in [0.25, 0.3) is 0 Å². The third-order valence-electron chi connectivity index (χ3n) is 3.02. The number of alkyl halides is 3. The molecule has 0 radical (unpaired) electrons. The molecule has 20 heavy (non-hydrogen) atoms. The van der Waals surface area contributed by atoms with Crippen molar-refractivity contribution in [2.75, 3.05) is 26.2 Å². The number of carbonyl (C=O) groups is 1. The molecule has 1 fully saturated rings. The van der Waals surface area contributed by atoms with Gasteiger partial charge in [-0.25, -0.2) is 4.79 Å². The summed E-state index contributed by atoms with van der Waals surface area (Å²) in [5.41, 5.74) is -0.526. The van der Waals surface area contributed by atoms with E-state index in [9.17, 15) is 18.0 Å². The number of halogens is 3. The standard InChI is InChI=1S/C13H23F3N2O2/c1-12(2,3)20-11(19)18-6-4-10(5-7-18)8-17-9-13(14,15)16/h10,17H,4-9H2,1-3H3. The van der Waals surface area contributed by atoms with Gasteiger partial charge in [-0.15, -0.1) is 0 Å². The fourth-order valence-electron chi connectivity index (χ4n) is 2.06. The molecular formula is C13H23F3N2O2. The number of nitrogens with zero attached hydrogens (tertiary/aromatic N) is 1. The van der Waals surface area contributed by atoms with Crippen LogP contribution in [0.5, 0.6) is 0 Å². The van der Waals surface area contributed by atoms with E-state index in [0.717, 1.165) is 0 Å². The number of piperidine rings is 1. The van der Waals surface area contributed by atoms with Crippen molar-refractivity contribution in [3.63, 3.8) is 0 Å². The van der Waals surface area contributed by atoms with Crippen LogP contribution in [0, 0.1) is 5.92 Å². The third-order valence-corrected chi connectivity index (χ3v) is 3.02. The fourth-order valence-corrected chi connectivity index (χ4v) is 2.06. The molecule has 1 aliphatic rings. The smallest absolute Gasteiger partial charge is 0.410 e. The zero-order valence-corrected chi connectivity index (χ0v) is 12.2. The van der Waals surface area contributed by atoms with Gasteiger partial charge in [0.1, 0.15) is 5.60 Å². The Labute approximate surface area is 117 Å². The highest BCUT2D eigenvalue weighted by Gasteiger charge is 2.29. The van der Waals surface area contributed by atoms with Gasteiger partial charge < -0.3 is 15.0 Å². The topological polar surface area (TPSA) is 41.6 Å². The number of amides is 1. The summed E-state index contributed by atoms with van der Waals surface area (Å²) in [5.74, 6) is 0.177. The summed E-state index contributed by atoms with van der Waals surface area (Å²) < 4.78 is 41.3. The van der Waals surface area contributed by atoms with Crippen LogP contribution in [0.15, 0.2) is 0 Å². The van der Waals surface area contributed by atoms with Crippen LogP contribution in [-0.2, 0) is 4.74 Å². The Bertz CT molecular complexity index is 319. The monoisotopic (exact) mass is 296 g/mol. The molecule has 0 spiro atoms. The lowest BCUT2D eigenvalue weighted by Gasteiger charge is -2.33. The highest BCUT2D eigenvalue weighted by atomic mass is 19.4. The summed E-state index contributed by atoms with van der Waals surface area (Å²) in [4.78, 5) is 13.4. The van der Waals surface area contributed by atoms with Gasteiger partial charge in [-0.3, -0.25) is 0 Å². The Morgan fingerprint density at radius 3 is 2.25 bits per heavy atom. The highest BCUT2D eigenvalue weighted by molar-refractivity contribution is 5.68. The molecule has 1 N–H and O–H groups in total. The quantitative estimate of drug-likeness (QED) is 0.870. The number of rotatable bonds is 3. The van der Waals surface area contributed by atoms with E-state index in [4.69, 9.17) is 4.74 Å². The van der Waals surface area contributed by atoms with Crippen molar-refractivity contribution < 1.29 is 22.7 Å². The molecule has 0 aromatic carbocycles. The van der Waals surface area contributed by atoms with Gasteiger partial charge in [0, 0.05) is 13.1 Å².